The molecule has 0 aromatic carbocycles. The van der Waals surface area contributed by atoms with Gasteiger partial charge in [0.1, 0.15) is 35.7 Å². The molecule has 3 heterocycles. The van der Waals surface area contributed by atoms with E-state index in [1.165, 1.54) is 6.33 Å². The van der Waals surface area contributed by atoms with E-state index in [0.717, 1.165) is 14.6 Å². The zero-order chi connectivity index (χ0) is 24.8. The number of fused-ring (bicyclic) bond motifs is 1. The van der Waals surface area contributed by atoms with Crippen molar-refractivity contribution in [3.63, 3.8) is 0 Å². The summed E-state index contributed by atoms with van der Waals surface area (Å²) in [4.78, 5) is 8.60. The Morgan fingerprint density at radius 3 is 2.58 bits per heavy atom. The highest BCUT2D eigenvalue weighted by atomic mass is 127. The highest BCUT2D eigenvalue weighted by Gasteiger charge is 2.50. The monoisotopic (exact) mass is 624 g/mol. The zero-order valence-corrected chi connectivity index (χ0v) is 25.6. The molecular formula is C22H37IN4O3S2Si. The molecule has 1 aliphatic rings. The number of nitrogens with two attached hydrogens (primary N) is 1. The Bertz CT molecular complexity index is 992. The fourth-order valence-corrected chi connectivity index (χ4v) is 7.99. The van der Waals surface area contributed by atoms with Gasteiger partial charge < -0.3 is 24.6 Å². The van der Waals surface area contributed by atoms with Gasteiger partial charge in [-0.25, -0.2) is 9.97 Å². The van der Waals surface area contributed by atoms with E-state index in [4.69, 9.17) is 14.9 Å². The summed E-state index contributed by atoms with van der Waals surface area (Å²) in [5, 5.41) is 12.7. The summed E-state index contributed by atoms with van der Waals surface area (Å²) in [7, 11) is 1.48. The standard InChI is InChI=1S/C22H37IN4O3S2Si/c1-20(2,3)32-31-12-22(28)9-16(30-15(22)11-29-33(7,8)21(4,5)6)27-10-14(23)17-18(24)25-13-26-19(17)27/h10,13,15-16,28H,9,11-12H2,1-8H3,(H2,24,25,26)/t15-,16-,22-/m1/s1. The van der Waals surface area contributed by atoms with E-state index < -0.39 is 20.0 Å². The molecule has 3 N–H and O–H groups in total. The van der Waals surface area contributed by atoms with E-state index in [2.05, 4.69) is 87.2 Å². The van der Waals surface area contributed by atoms with Gasteiger partial charge in [0.05, 0.1) is 12.0 Å². The van der Waals surface area contributed by atoms with Gasteiger partial charge in [-0.2, -0.15) is 0 Å². The molecule has 2 aromatic rings. The average molecular weight is 625 g/mol. The molecule has 0 radical (unpaired) electrons. The molecule has 0 spiro atoms. The van der Waals surface area contributed by atoms with Crippen LogP contribution in [0.25, 0.3) is 11.0 Å². The Balaban J connectivity index is 1.87. The lowest BCUT2D eigenvalue weighted by molar-refractivity contribution is -0.0692. The van der Waals surface area contributed by atoms with Crippen LogP contribution < -0.4 is 5.73 Å². The highest BCUT2D eigenvalue weighted by molar-refractivity contribution is 14.1. The first-order valence-corrected chi connectivity index (χ1v) is 17.4. The number of ether oxygens (including phenoxy) is 1. The van der Waals surface area contributed by atoms with Gasteiger partial charge in [0, 0.05) is 26.7 Å². The summed E-state index contributed by atoms with van der Waals surface area (Å²) in [6.07, 6.45) is 3.12. The normalized spacial score (nSPS) is 24.7. The topological polar surface area (TPSA) is 95.4 Å². The zero-order valence-electron chi connectivity index (χ0n) is 20.8. The third-order valence-electron chi connectivity index (χ3n) is 6.37. The van der Waals surface area contributed by atoms with Crippen molar-refractivity contribution < 1.29 is 14.3 Å². The Labute approximate surface area is 220 Å². The van der Waals surface area contributed by atoms with Crippen molar-refractivity contribution in [2.24, 2.45) is 0 Å². The van der Waals surface area contributed by atoms with Gasteiger partial charge >= 0.3 is 0 Å². The lowest BCUT2D eigenvalue weighted by Crippen LogP contribution is -2.48. The van der Waals surface area contributed by atoms with Gasteiger partial charge in [0.15, 0.2) is 8.32 Å². The minimum absolute atomic E-state index is 0.0845. The third-order valence-corrected chi connectivity index (χ3v) is 15.1. The Morgan fingerprint density at radius 2 is 1.97 bits per heavy atom. The SMILES string of the molecule is CC(C)(C)SSC[C@]1(O)C[C@H](n2cc(I)c3c(N)ncnc32)O[C@@H]1CO[Si](C)(C)C(C)(C)C. The number of halogens is 1. The molecule has 33 heavy (non-hydrogen) atoms. The van der Waals surface area contributed by atoms with Gasteiger partial charge in [-0.15, -0.1) is 0 Å². The van der Waals surface area contributed by atoms with Crippen molar-refractivity contribution in [3.05, 3.63) is 16.1 Å². The Morgan fingerprint density at radius 1 is 1.30 bits per heavy atom. The van der Waals surface area contributed by atoms with E-state index >= 15 is 0 Å². The highest BCUT2D eigenvalue weighted by Crippen LogP contribution is 2.46. The molecule has 2 aromatic heterocycles. The summed E-state index contributed by atoms with van der Waals surface area (Å²) in [5.74, 6) is 1.01. The van der Waals surface area contributed by atoms with E-state index in [1.54, 1.807) is 21.6 Å². The molecule has 11 heteroatoms. The number of nitrogens with zero attached hydrogens (tertiary/aromatic N) is 3. The minimum atomic E-state index is -1.99. The number of nitrogen functional groups attached to an aromatic ring is 1. The van der Waals surface area contributed by atoms with Crippen molar-refractivity contribution in [2.45, 2.75) is 88.8 Å². The maximum Gasteiger partial charge on any atom is 0.192 e. The predicted octanol–water partition coefficient (Wildman–Crippen LogP) is 5.84. The average Bonchev–Trinajstić information content (AvgIpc) is 3.16. The summed E-state index contributed by atoms with van der Waals surface area (Å²) < 4.78 is 16.0. The van der Waals surface area contributed by atoms with Crippen molar-refractivity contribution in [2.75, 3.05) is 18.1 Å². The van der Waals surface area contributed by atoms with Crippen LogP contribution in [0.15, 0.2) is 12.5 Å². The summed E-state index contributed by atoms with van der Waals surface area (Å²) in [6.45, 7) is 18.0. The molecule has 1 fully saturated rings. The summed E-state index contributed by atoms with van der Waals surface area (Å²) >= 11 is 2.25. The first-order valence-electron chi connectivity index (χ1n) is 11.1. The molecule has 0 saturated carbocycles. The number of hydrogen-bond acceptors (Lipinski definition) is 8. The molecule has 3 atom stereocenters. The first kappa shape index (κ1) is 27.5. The minimum Gasteiger partial charge on any atom is -0.414 e. The second kappa shape index (κ2) is 9.77. The van der Waals surface area contributed by atoms with Gasteiger partial charge in [0.25, 0.3) is 0 Å². The van der Waals surface area contributed by atoms with Crippen molar-refractivity contribution in [3.8, 4) is 0 Å². The van der Waals surface area contributed by atoms with Crippen LogP contribution in [0, 0.1) is 3.57 Å². The second-order valence-corrected chi connectivity index (χ2v) is 20.4. The first-order chi connectivity index (χ1) is 15.0. The van der Waals surface area contributed by atoms with Crippen LogP contribution >= 0.6 is 44.2 Å². The van der Waals surface area contributed by atoms with E-state index in [-0.39, 0.29) is 16.0 Å². The lowest BCUT2D eigenvalue weighted by atomic mass is 9.98. The smallest absolute Gasteiger partial charge is 0.192 e. The largest absolute Gasteiger partial charge is 0.414 e. The van der Waals surface area contributed by atoms with Crippen LogP contribution in [0.5, 0.6) is 0 Å². The summed E-state index contributed by atoms with van der Waals surface area (Å²) in [6, 6.07) is 0. The molecule has 0 amide bonds. The molecule has 1 saturated heterocycles. The van der Waals surface area contributed by atoms with Gasteiger partial charge in [0.2, 0.25) is 0 Å². The van der Waals surface area contributed by atoms with E-state index in [9.17, 15) is 5.11 Å². The molecule has 0 bridgehead atoms. The predicted molar refractivity (Wildman–Crippen MR) is 151 cm³/mol. The van der Waals surface area contributed by atoms with Crippen LogP contribution in [0.4, 0.5) is 5.82 Å². The Kier molecular flexibility index (Phi) is 8.16. The molecular weight excluding hydrogens is 587 g/mol. The number of aliphatic hydroxyl groups is 1. The van der Waals surface area contributed by atoms with E-state index in [0.29, 0.717) is 24.6 Å². The molecule has 3 rings (SSSR count). The van der Waals surface area contributed by atoms with Crippen molar-refractivity contribution in [1.29, 1.82) is 0 Å². The van der Waals surface area contributed by atoms with Crippen LogP contribution in [0.1, 0.15) is 54.2 Å². The quantitative estimate of drug-likeness (QED) is 0.226. The van der Waals surface area contributed by atoms with Gasteiger partial charge in [-0.3, -0.25) is 0 Å². The van der Waals surface area contributed by atoms with Crippen LogP contribution in [-0.4, -0.2) is 56.8 Å². The van der Waals surface area contributed by atoms with Crippen LogP contribution in [0.2, 0.25) is 18.1 Å². The number of aromatic nitrogens is 3. The Hall–Kier alpha value is -0.0531. The van der Waals surface area contributed by atoms with Crippen LogP contribution in [0.3, 0.4) is 0 Å². The van der Waals surface area contributed by atoms with E-state index in [1.807, 2.05) is 10.8 Å². The molecule has 0 aliphatic carbocycles. The third kappa shape index (κ3) is 6.21. The van der Waals surface area contributed by atoms with Gasteiger partial charge in [-0.1, -0.05) is 63.1 Å². The van der Waals surface area contributed by atoms with Crippen molar-refractivity contribution in [1.82, 2.24) is 14.5 Å². The number of rotatable bonds is 7. The second-order valence-electron chi connectivity index (χ2n) is 11.3. The molecule has 0 unspecified atom stereocenters. The maximum absolute atomic E-state index is 11.8. The van der Waals surface area contributed by atoms with Crippen LogP contribution in [-0.2, 0) is 9.16 Å². The molecule has 186 valence electrons. The number of anilines is 1. The number of hydrogen-bond donors (Lipinski definition) is 2. The maximum atomic E-state index is 11.8. The fourth-order valence-electron chi connectivity index (χ4n) is 3.40. The lowest BCUT2D eigenvalue weighted by Gasteiger charge is -2.38. The summed E-state index contributed by atoms with van der Waals surface area (Å²) in [5.41, 5.74) is 5.82. The molecule has 7 nitrogen and oxygen atoms in total. The van der Waals surface area contributed by atoms with Crippen molar-refractivity contribution >= 4 is 69.3 Å². The van der Waals surface area contributed by atoms with Gasteiger partial charge in [-0.05, 0) is 40.7 Å². The molecule has 1 aliphatic heterocycles. The fraction of sp³-hybridized carbons (Fsp3) is 0.727.